The number of fused-ring (bicyclic) bond motifs is 1. The van der Waals surface area contributed by atoms with E-state index in [2.05, 4.69) is 9.55 Å². The third kappa shape index (κ3) is 2.30. The zero-order valence-electron chi connectivity index (χ0n) is 11.0. The fourth-order valence-corrected chi connectivity index (χ4v) is 3.88. The van der Waals surface area contributed by atoms with E-state index in [-0.39, 0.29) is 0 Å². The number of halogens is 2. The van der Waals surface area contributed by atoms with Crippen LogP contribution in [0.3, 0.4) is 0 Å². The molecule has 2 nitrogen and oxygen atoms in total. The summed E-state index contributed by atoms with van der Waals surface area (Å²) in [6, 6.07) is 3.80. The van der Waals surface area contributed by atoms with Gasteiger partial charge in [0.2, 0.25) is 0 Å². The second kappa shape index (κ2) is 4.75. The SMILES string of the molecule is S=c1[nH]c2cc(Cl)c(Cl)cc2n1CC(C1CC1)C1CC1. The molecule has 106 valence electrons. The summed E-state index contributed by atoms with van der Waals surface area (Å²) in [5, 5.41) is 1.17. The average Bonchev–Trinajstić information content (AvgIpc) is 3.28. The summed E-state index contributed by atoms with van der Waals surface area (Å²) < 4.78 is 3.00. The lowest BCUT2D eigenvalue weighted by Gasteiger charge is -2.16. The number of benzene rings is 1. The van der Waals surface area contributed by atoms with E-state index in [0.717, 1.165) is 40.1 Å². The monoisotopic (exact) mass is 326 g/mol. The molecule has 2 aliphatic carbocycles. The Hall–Kier alpha value is -0.510. The highest BCUT2D eigenvalue weighted by Crippen LogP contribution is 2.50. The second-order valence-corrected chi connectivity index (χ2v) is 7.36. The van der Waals surface area contributed by atoms with E-state index in [0.29, 0.717) is 10.0 Å². The number of aromatic nitrogens is 2. The summed E-state index contributed by atoms with van der Waals surface area (Å²) in [6.07, 6.45) is 5.57. The van der Waals surface area contributed by atoms with E-state index in [1.165, 1.54) is 25.7 Å². The first kappa shape index (κ1) is 13.2. The van der Waals surface area contributed by atoms with Crippen LogP contribution in [0.1, 0.15) is 25.7 Å². The molecule has 0 unspecified atom stereocenters. The summed E-state index contributed by atoms with van der Waals surface area (Å²) >= 11 is 17.7. The van der Waals surface area contributed by atoms with Gasteiger partial charge in [-0.25, -0.2) is 0 Å². The maximum Gasteiger partial charge on any atom is 0.178 e. The van der Waals surface area contributed by atoms with Crippen LogP contribution in [-0.4, -0.2) is 9.55 Å². The van der Waals surface area contributed by atoms with Gasteiger partial charge < -0.3 is 9.55 Å². The van der Waals surface area contributed by atoms with Crippen LogP contribution in [-0.2, 0) is 6.54 Å². The van der Waals surface area contributed by atoms with Gasteiger partial charge in [0, 0.05) is 6.54 Å². The maximum absolute atomic E-state index is 6.16. The van der Waals surface area contributed by atoms with Gasteiger partial charge >= 0.3 is 0 Å². The largest absolute Gasteiger partial charge is 0.331 e. The van der Waals surface area contributed by atoms with Gasteiger partial charge in [-0.15, -0.1) is 0 Å². The van der Waals surface area contributed by atoms with Crippen LogP contribution in [0.4, 0.5) is 0 Å². The molecule has 1 N–H and O–H groups in total. The van der Waals surface area contributed by atoms with Crippen molar-refractivity contribution in [2.24, 2.45) is 17.8 Å². The molecule has 2 fully saturated rings. The van der Waals surface area contributed by atoms with Crippen LogP contribution in [0.5, 0.6) is 0 Å². The molecule has 2 saturated carbocycles. The van der Waals surface area contributed by atoms with Gasteiger partial charge in [0.1, 0.15) is 0 Å². The number of imidazole rings is 1. The Balaban J connectivity index is 1.76. The van der Waals surface area contributed by atoms with Gasteiger partial charge in [-0.2, -0.15) is 0 Å². The molecular formula is C15H16Cl2N2S. The van der Waals surface area contributed by atoms with Gasteiger partial charge in [0.15, 0.2) is 4.77 Å². The molecule has 0 amide bonds. The highest BCUT2D eigenvalue weighted by atomic mass is 35.5. The Morgan fingerprint density at radius 2 is 1.75 bits per heavy atom. The number of rotatable bonds is 4. The minimum absolute atomic E-state index is 0.573. The molecule has 2 aliphatic rings. The quantitative estimate of drug-likeness (QED) is 0.741. The van der Waals surface area contributed by atoms with Crippen LogP contribution >= 0.6 is 35.4 Å². The summed E-state index contributed by atoms with van der Waals surface area (Å²) in [4.78, 5) is 3.25. The Labute approximate surface area is 133 Å². The van der Waals surface area contributed by atoms with Crippen LogP contribution in [0, 0.1) is 22.5 Å². The van der Waals surface area contributed by atoms with E-state index in [9.17, 15) is 0 Å². The predicted molar refractivity (Wildman–Crippen MR) is 86.1 cm³/mol. The number of H-pyrrole nitrogens is 1. The summed E-state index contributed by atoms with van der Waals surface area (Å²) in [5.74, 6) is 2.62. The van der Waals surface area contributed by atoms with Gasteiger partial charge in [0.05, 0.1) is 21.1 Å². The standard InChI is InChI=1S/C15H16Cl2N2S/c16-11-5-13-14(6-12(11)17)19(15(20)18-13)7-10(8-1-2-8)9-3-4-9/h5-6,8-10H,1-4,7H2,(H,18,20). The van der Waals surface area contributed by atoms with Crippen molar-refractivity contribution in [3.8, 4) is 0 Å². The van der Waals surface area contributed by atoms with Crippen LogP contribution < -0.4 is 0 Å². The van der Waals surface area contributed by atoms with E-state index in [1.54, 1.807) is 0 Å². The minimum atomic E-state index is 0.573. The van der Waals surface area contributed by atoms with Gasteiger partial charge in [-0.1, -0.05) is 23.2 Å². The molecule has 0 bridgehead atoms. The Kier molecular flexibility index (Phi) is 3.13. The zero-order chi connectivity index (χ0) is 13.9. The molecule has 20 heavy (non-hydrogen) atoms. The Bertz CT molecular complexity index is 713. The number of hydrogen-bond acceptors (Lipinski definition) is 1. The Morgan fingerprint density at radius 3 is 2.35 bits per heavy atom. The van der Waals surface area contributed by atoms with Crippen molar-refractivity contribution < 1.29 is 0 Å². The fourth-order valence-electron chi connectivity index (χ4n) is 3.28. The number of nitrogens with one attached hydrogen (secondary N) is 1. The molecule has 0 aliphatic heterocycles. The van der Waals surface area contributed by atoms with Gasteiger partial charge in [0.25, 0.3) is 0 Å². The van der Waals surface area contributed by atoms with Gasteiger partial charge in [-0.3, -0.25) is 0 Å². The number of nitrogens with zero attached hydrogens (tertiary/aromatic N) is 1. The third-order valence-electron chi connectivity index (χ3n) is 4.66. The van der Waals surface area contributed by atoms with E-state index < -0.39 is 0 Å². The molecule has 0 radical (unpaired) electrons. The third-order valence-corrected chi connectivity index (χ3v) is 5.71. The lowest BCUT2D eigenvalue weighted by Crippen LogP contribution is -2.15. The van der Waals surface area contributed by atoms with Crippen molar-refractivity contribution in [3.05, 3.63) is 26.9 Å². The van der Waals surface area contributed by atoms with E-state index >= 15 is 0 Å². The smallest absolute Gasteiger partial charge is 0.178 e. The predicted octanol–water partition coefficient (Wildman–Crippen LogP) is 5.44. The van der Waals surface area contributed by atoms with Crippen LogP contribution in [0.15, 0.2) is 12.1 Å². The van der Waals surface area contributed by atoms with E-state index in [1.807, 2.05) is 12.1 Å². The van der Waals surface area contributed by atoms with Crippen molar-refractivity contribution in [3.63, 3.8) is 0 Å². The maximum atomic E-state index is 6.16. The zero-order valence-corrected chi connectivity index (χ0v) is 13.4. The molecule has 0 atom stereocenters. The molecule has 5 heteroatoms. The molecule has 2 aromatic rings. The Morgan fingerprint density at radius 1 is 1.15 bits per heavy atom. The summed E-state index contributed by atoms with van der Waals surface area (Å²) in [7, 11) is 0. The number of hydrogen-bond donors (Lipinski definition) is 1. The first-order chi connectivity index (χ1) is 9.63. The summed E-state index contributed by atoms with van der Waals surface area (Å²) in [5.41, 5.74) is 2.06. The topological polar surface area (TPSA) is 20.7 Å². The van der Waals surface area contributed by atoms with Crippen LogP contribution in [0.2, 0.25) is 10.0 Å². The van der Waals surface area contributed by atoms with Crippen molar-refractivity contribution >= 4 is 46.5 Å². The van der Waals surface area contributed by atoms with Gasteiger partial charge in [-0.05, 0) is 67.8 Å². The first-order valence-corrected chi connectivity index (χ1v) is 8.37. The highest BCUT2D eigenvalue weighted by molar-refractivity contribution is 7.71. The molecule has 0 spiro atoms. The lowest BCUT2D eigenvalue weighted by molar-refractivity contribution is 0.351. The molecule has 4 rings (SSSR count). The minimum Gasteiger partial charge on any atom is -0.331 e. The summed E-state index contributed by atoms with van der Waals surface area (Å²) in [6.45, 7) is 1.02. The molecule has 0 saturated heterocycles. The van der Waals surface area contributed by atoms with Crippen molar-refractivity contribution in [2.75, 3.05) is 0 Å². The van der Waals surface area contributed by atoms with Crippen molar-refractivity contribution in [1.82, 2.24) is 9.55 Å². The average molecular weight is 327 g/mol. The first-order valence-electron chi connectivity index (χ1n) is 7.21. The highest BCUT2D eigenvalue weighted by Gasteiger charge is 2.41. The van der Waals surface area contributed by atoms with Crippen molar-refractivity contribution in [1.29, 1.82) is 0 Å². The molecule has 1 aromatic carbocycles. The fraction of sp³-hybridized carbons (Fsp3) is 0.533. The number of aromatic amines is 1. The lowest BCUT2D eigenvalue weighted by atomic mass is 9.98. The normalized spacial score (nSPS) is 19.1. The van der Waals surface area contributed by atoms with E-state index in [4.69, 9.17) is 35.4 Å². The second-order valence-electron chi connectivity index (χ2n) is 6.16. The molecule has 1 aromatic heterocycles. The van der Waals surface area contributed by atoms with Crippen LogP contribution in [0.25, 0.3) is 11.0 Å². The molecule has 1 heterocycles. The van der Waals surface area contributed by atoms with Crippen molar-refractivity contribution in [2.45, 2.75) is 32.2 Å². The molecular weight excluding hydrogens is 311 g/mol.